The molecule has 0 saturated heterocycles. The molecule has 0 amide bonds. The van der Waals surface area contributed by atoms with Gasteiger partial charge in [0.2, 0.25) is 0 Å². The summed E-state index contributed by atoms with van der Waals surface area (Å²) in [5.41, 5.74) is 0.906. The van der Waals surface area contributed by atoms with Crippen LogP contribution < -0.4 is 0 Å². The van der Waals surface area contributed by atoms with Gasteiger partial charge in [-0.3, -0.25) is 0 Å². The Hall–Kier alpha value is -1.92. The van der Waals surface area contributed by atoms with Crippen molar-refractivity contribution in [1.82, 2.24) is 0 Å². The first-order valence-electron chi connectivity index (χ1n) is 8.07. The lowest BCUT2D eigenvalue weighted by molar-refractivity contribution is 0.541. The van der Waals surface area contributed by atoms with Gasteiger partial charge in [-0.2, -0.15) is 0 Å². The summed E-state index contributed by atoms with van der Waals surface area (Å²) in [4.78, 5) is 0.337. The third-order valence-corrected chi connectivity index (χ3v) is 9.22. The van der Waals surface area contributed by atoms with E-state index < -0.39 is 30.2 Å². The quantitative estimate of drug-likeness (QED) is 0.767. The highest BCUT2D eigenvalue weighted by molar-refractivity contribution is 7.96. The number of allylic oxidation sites excluding steroid dienone is 2. The lowest BCUT2D eigenvalue weighted by Gasteiger charge is -2.30. The minimum Gasteiger partial charge on any atom is -0.223 e. The molecule has 25 heavy (non-hydrogen) atoms. The fourth-order valence-corrected chi connectivity index (χ4v) is 7.70. The Balaban J connectivity index is 2.09. The maximum absolute atomic E-state index is 13.1. The standard InChI is InChI=1S/C19H20O4S2/c1-15-12-13-18(24(20,21)16-8-4-2-5-9-16)19(14-15)25(22,23)17-10-6-3-7-11-17/h2-12,18-19H,13-14H2,1H3. The first kappa shape index (κ1) is 17.9. The Morgan fingerprint density at radius 1 is 0.720 bits per heavy atom. The molecule has 2 atom stereocenters. The van der Waals surface area contributed by atoms with Crippen molar-refractivity contribution < 1.29 is 16.8 Å². The Labute approximate surface area is 149 Å². The molecule has 2 aromatic carbocycles. The highest BCUT2D eigenvalue weighted by atomic mass is 32.2. The molecule has 1 aliphatic carbocycles. The van der Waals surface area contributed by atoms with Gasteiger partial charge in [0.05, 0.1) is 20.3 Å². The van der Waals surface area contributed by atoms with Crippen LogP contribution in [-0.2, 0) is 19.7 Å². The molecule has 0 spiro atoms. The Bertz CT molecular complexity index is 976. The molecule has 2 unspecified atom stereocenters. The molecule has 0 bridgehead atoms. The highest BCUT2D eigenvalue weighted by Gasteiger charge is 2.43. The van der Waals surface area contributed by atoms with Gasteiger partial charge in [0.1, 0.15) is 0 Å². The molecule has 0 heterocycles. The summed E-state index contributed by atoms with van der Waals surface area (Å²) in [7, 11) is -7.50. The molecule has 6 heteroatoms. The largest absolute Gasteiger partial charge is 0.223 e. The molecular formula is C19H20O4S2. The second-order valence-electron chi connectivity index (χ2n) is 6.28. The number of hydrogen-bond donors (Lipinski definition) is 0. The number of rotatable bonds is 4. The SMILES string of the molecule is CC1=CCC(S(=O)(=O)c2ccccc2)C(S(=O)(=O)c2ccccc2)C1. The Morgan fingerprint density at radius 2 is 1.16 bits per heavy atom. The Kier molecular flexibility index (Phi) is 4.84. The normalized spacial score (nSPS) is 21.6. The second kappa shape index (κ2) is 6.77. The zero-order valence-electron chi connectivity index (χ0n) is 13.9. The molecule has 4 nitrogen and oxygen atoms in total. The van der Waals surface area contributed by atoms with Crippen molar-refractivity contribution in [3.05, 3.63) is 72.3 Å². The van der Waals surface area contributed by atoms with Gasteiger partial charge in [-0.1, -0.05) is 48.0 Å². The summed E-state index contributed by atoms with van der Waals surface area (Å²) in [6, 6.07) is 16.2. The van der Waals surface area contributed by atoms with E-state index in [0.29, 0.717) is 0 Å². The van der Waals surface area contributed by atoms with Crippen LogP contribution in [0.5, 0.6) is 0 Å². The van der Waals surface area contributed by atoms with E-state index in [4.69, 9.17) is 0 Å². The van der Waals surface area contributed by atoms with Crippen LogP contribution in [0.25, 0.3) is 0 Å². The molecule has 2 aromatic rings. The minimum absolute atomic E-state index is 0.168. The van der Waals surface area contributed by atoms with Gasteiger partial charge in [-0.05, 0) is 44.0 Å². The van der Waals surface area contributed by atoms with Crippen molar-refractivity contribution in [2.75, 3.05) is 0 Å². The van der Waals surface area contributed by atoms with Crippen molar-refractivity contribution in [2.24, 2.45) is 0 Å². The van der Waals surface area contributed by atoms with Gasteiger partial charge in [0.25, 0.3) is 0 Å². The number of benzene rings is 2. The zero-order valence-corrected chi connectivity index (χ0v) is 15.5. The number of sulfone groups is 2. The minimum atomic E-state index is -3.76. The third-order valence-electron chi connectivity index (χ3n) is 4.58. The average molecular weight is 376 g/mol. The Morgan fingerprint density at radius 3 is 1.64 bits per heavy atom. The molecular weight excluding hydrogens is 356 g/mol. The van der Waals surface area contributed by atoms with Gasteiger partial charge in [-0.15, -0.1) is 0 Å². The van der Waals surface area contributed by atoms with E-state index in [1.807, 2.05) is 13.0 Å². The molecule has 3 rings (SSSR count). The molecule has 0 fully saturated rings. The first-order chi connectivity index (χ1) is 11.8. The molecule has 132 valence electrons. The van der Waals surface area contributed by atoms with E-state index in [1.165, 1.54) is 24.3 Å². The van der Waals surface area contributed by atoms with E-state index in [0.717, 1.165) is 5.57 Å². The number of hydrogen-bond acceptors (Lipinski definition) is 4. The second-order valence-corrected chi connectivity index (χ2v) is 10.6. The van der Waals surface area contributed by atoms with E-state index in [-0.39, 0.29) is 22.6 Å². The van der Waals surface area contributed by atoms with Crippen LogP contribution in [0.15, 0.2) is 82.1 Å². The first-order valence-corrected chi connectivity index (χ1v) is 11.2. The predicted octanol–water partition coefficient (Wildman–Crippen LogP) is 3.41. The van der Waals surface area contributed by atoms with Gasteiger partial charge >= 0.3 is 0 Å². The monoisotopic (exact) mass is 376 g/mol. The fraction of sp³-hybridized carbons (Fsp3) is 0.263. The van der Waals surface area contributed by atoms with Crippen LogP contribution in [-0.4, -0.2) is 27.3 Å². The van der Waals surface area contributed by atoms with E-state index in [2.05, 4.69) is 0 Å². The third kappa shape index (κ3) is 3.41. The lowest BCUT2D eigenvalue weighted by Crippen LogP contribution is -2.41. The highest BCUT2D eigenvalue weighted by Crippen LogP contribution is 2.35. The van der Waals surface area contributed by atoms with Crippen LogP contribution in [0.4, 0.5) is 0 Å². The van der Waals surface area contributed by atoms with Gasteiger partial charge in [0, 0.05) is 0 Å². The summed E-state index contributed by atoms with van der Waals surface area (Å²) in [6.45, 7) is 1.85. The summed E-state index contributed by atoms with van der Waals surface area (Å²) >= 11 is 0. The summed E-state index contributed by atoms with van der Waals surface area (Å²) in [5, 5.41) is -1.96. The molecule has 0 aromatic heterocycles. The van der Waals surface area contributed by atoms with E-state index in [1.54, 1.807) is 36.4 Å². The zero-order chi connectivity index (χ0) is 18.1. The van der Waals surface area contributed by atoms with Crippen LogP contribution >= 0.6 is 0 Å². The van der Waals surface area contributed by atoms with Crippen molar-refractivity contribution in [1.29, 1.82) is 0 Å². The smallest absolute Gasteiger partial charge is 0.182 e. The molecule has 0 radical (unpaired) electrons. The van der Waals surface area contributed by atoms with Crippen molar-refractivity contribution in [3.8, 4) is 0 Å². The van der Waals surface area contributed by atoms with Crippen LogP contribution in [0.3, 0.4) is 0 Å². The van der Waals surface area contributed by atoms with Crippen LogP contribution in [0.1, 0.15) is 19.8 Å². The predicted molar refractivity (Wildman–Crippen MR) is 97.8 cm³/mol. The van der Waals surface area contributed by atoms with Crippen molar-refractivity contribution in [2.45, 2.75) is 40.1 Å². The average Bonchev–Trinajstić information content (AvgIpc) is 2.63. The molecule has 0 aliphatic heterocycles. The van der Waals surface area contributed by atoms with Crippen LogP contribution in [0, 0.1) is 0 Å². The molecule has 0 N–H and O–H groups in total. The van der Waals surface area contributed by atoms with Gasteiger partial charge < -0.3 is 0 Å². The maximum Gasteiger partial charge on any atom is 0.182 e. The maximum atomic E-state index is 13.1. The van der Waals surface area contributed by atoms with Crippen LogP contribution in [0.2, 0.25) is 0 Å². The van der Waals surface area contributed by atoms with Crippen molar-refractivity contribution in [3.63, 3.8) is 0 Å². The summed E-state index contributed by atoms with van der Waals surface area (Å²) in [5.74, 6) is 0. The lowest BCUT2D eigenvalue weighted by atomic mass is 10.00. The molecule has 1 aliphatic rings. The van der Waals surface area contributed by atoms with E-state index >= 15 is 0 Å². The topological polar surface area (TPSA) is 68.3 Å². The summed E-state index contributed by atoms with van der Waals surface area (Å²) < 4.78 is 52.4. The fourth-order valence-electron chi connectivity index (χ4n) is 3.21. The van der Waals surface area contributed by atoms with E-state index in [9.17, 15) is 16.8 Å². The van der Waals surface area contributed by atoms with Gasteiger partial charge in [-0.25, -0.2) is 16.8 Å². The summed E-state index contributed by atoms with van der Waals surface area (Å²) in [6.07, 6.45) is 2.27. The van der Waals surface area contributed by atoms with Crippen molar-refractivity contribution >= 4 is 19.7 Å². The molecule has 0 saturated carbocycles. The van der Waals surface area contributed by atoms with Gasteiger partial charge in [0.15, 0.2) is 19.7 Å².